The van der Waals surface area contributed by atoms with Crippen LogP contribution in [0.25, 0.3) is 0 Å². The molecule has 0 unspecified atom stereocenters. The maximum Gasteiger partial charge on any atom is 0.137 e. The molecule has 2 saturated carbocycles. The molecule has 2 aliphatic carbocycles. The number of benzene rings is 3. The van der Waals surface area contributed by atoms with Crippen LogP contribution in [0.3, 0.4) is 0 Å². The molecule has 0 bridgehead atoms. The van der Waals surface area contributed by atoms with Crippen LogP contribution in [-0.4, -0.2) is 64.7 Å². The van der Waals surface area contributed by atoms with Gasteiger partial charge in [0.05, 0.1) is 0 Å². The summed E-state index contributed by atoms with van der Waals surface area (Å²) in [6.45, 7) is 3.08. The van der Waals surface area contributed by atoms with Gasteiger partial charge in [0, 0.05) is 24.7 Å². The van der Waals surface area contributed by atoms with Crippen molar-refractivity contribution in [2.45, 2.75) is 67.2 Å². The molecule has 5 rings (SSSR count). The molecule has 0 heterocycles. The van der Waals surface area contributed by atoms with Crippen LogP contribution in [0.5, 0.6) is 0 Å². The molecule has 0 aliphatic heterocycles. The molecule has 6 atom stereocenters. The lowest BCUT2D eigenvalue weighted by molar-refractivity contribution is -0.341. The summed E-state index contributed by atoms with van der Waals surface area (Å²) in [6, 6.07) is 26.5. The van der Waals surface area contributed by atoms with Gasteiger partial charge in [-0.1, -0.05) is 105 Å². The number of hydrogen-bond acceptors (Lipinski definition) is 6. The Bertz CT molecular complexity index is 1230. The van der Waals surface area contributed by atoms with Crippen LogP contribution >= 0.6 is 0 Å². The topological polar surface area (TPSA) is 121 Å². The largest absolute Gasteiger partial charge is 0.387 e. The number of aliphatic hydroxyl groups excluding tert-OH is 1. The van der Waals surface area contributed by atoms with Crippen LogP contribution in [0.2, 0.25) is 0 Å². The molecule has 0 amide bonds. The van der Waals surface area contributed by atoms with Gasteiger partial charge in [-0.05, 0) is 16.7 Å². The van der Waals surface area contributed by atoms with Gasteiger partial charge in [-0.3, -0.25) is 0 Å². The predicted octanol–water partition coefficient (Wildman–Crippen LogP) is 1.78. The zero-order valence-corrected chi connectivity index (χ0v) is 20.5. The van der Waals surface area contributed by atoms with Gasteiger partial charge >= 0.3 is 0 Å². The highest BCUT2D eigenvalue weighted by molar-refractivity contribution is 5.53. The molecule has 0 saturated heterocycles. The maximum absolute atomic E-state index is 12.4. The van der Waals surface area contributed by atoms with Gasteiger partial charge < -0.3 is 30.6 Å². The van der Waals surface area contributed by atoms with Gasteiger partial charge in [0.15, 0.2) is 0 Å². The van der Waals surface area contributed by atoms with E-state index in [1.165, 1.54) is 0 Å². The fourth-order valence-electron chi connectivity index (χ4n) is 7.09. The molecule has 6 heteroatoms. The van der Waals surface area contributed by atoms with E-state index in [-0.39, 0.29) is 19.3 Å². The highest BCUT2D eigenvalue weighted by Gasteiger charge is 3.00. The summed E-state index contributed by atoms with van der Waals surface area (Å²) in [5.41, 5.74) is -11.6. The Balaban J connectivity index is 1.73. The van der Waals surface area contributed by atoms with E-state index in [0.717, 1.165) is 0 Å². The first-order valence-corrected chi connectivity index (χ1v) is 12.3. The summed E-state index contributed by atoms with van der Waals surface area (Å²) in [5.74, 6) is 0. The predicted molar refractivity (Wildman–Crippen MR) is 135 cm³/mol. The summed E-state index contributed by atoms with van der Waals surface area (Å²) >= 11 is 0. The average Bonchev–Trinajstić information content (AvgIpc) is 3.26. The molecule has 3 aromatic rings. The van der Waals surface area contributed by atoms with Gasteiger partial charge in [0.2, 0.25) is 0 Å². The second-order valence-corrected chi connectivity index (χ2v) is 11.1. The summed E-state index contributed by atoms with van der Waals surface area (Å²) in [5, 5.41) is 73.1. The second kappa shape index (κ2) is 7.96. The third-order valence-corrected chi connectivity index (χ3v) is 9.05. The van der Waals surface area contributed by atoms with Gasteiger partial charge in [-0.25, -0.2) is 0 Å². The maximum atomic E-state index is 12.4. The van der Waals surface area contributed by atoms with Crippen LogP contribution in [0, 0.1) is 5.41 Å². The van der Waals surface area contributed by atoms with E-state index in [0.29, 0.717) is 16.7 Å². The van der Waals surface area contributed by atoms with Crippen LogP contribution in [0.15, 0.2) is 91.0 Å². The highest BCUT2D eigenvalue weighted by Crippen LogP contribution is 2.78. The Kier molecular flexibility index (Phi) is 5.54. The average molecular weight is 491 g/mol. The molecule has 2 aliphatic rings. The first-order valence-electron chi connectivity index (χ1n) is 12.3. The van der Waals surface area contributed by atoms with Crippen molar-refractivity contribution in [2.24, 2.45) is 5.41 Å². The monoisotopic (exact) mass is 490 g/mol. The van der Waals surface area contributed by atoms with Crippen molar-refractivity contribution >= 4 is 0 Å². The van der Waals surface area contributed by atoms with E-state index in [1.54, 1.807) is 92.7 Å². The highest BCUT2D eigenvalue weighted by atomic mass is 16.5. The smallest absolute Gasteiger partial charge is 0.137 e. The zero-order chi connectivity index (χ0) is 26.0. The van der Waals surface area contributed by atoms with Crippen LogP contribution < -0.4 is 0 Å². The molecule has 6 nitrogen and oxygen atoms in total. The van der Waals surface area contributed by atoms with Crippen LogP contribution in [0.1, 0.15) is 30.5 Å². The van der Waals surface area contributed by atoms with Crippen molar-refractivity contribution in [1.82, 2.24) is 0 Å². The third-order valence-electron chi connectivity index (χ3n) is 9.05. The summed E-state index contributed by atoms with van der Waals surface area (Å²) in [4.78, 5) is 0. The van der Waals surface area contributed by atoms with Crippen LogP contribution in [-0.2, 0) is 19.3 Å². The van der Waals surface area contributed by atoms with Crippen molar-refractivity contribution in [2.75, 3.05) is 0 Å². The van der Waals surface area contributed by atoms with Crippen LogP contribution in [0.4, 0.5) is 0 Å². The summed E-state index contributed by atoms with van der Waals surface area (Å²) in [7, 11) is 0. The first-order chi connectivity index (χ1) is 16.9. The lowest BCUT2D eigenvalue weighted by Crippen LogP contribution is -2.83. The molecule has 36 heavy (non-hydrogen) atoms. The molecule has 6 N–H and O–H groups in total. The van der Waals surface area contributed by atoms with E-state index in [1.807, 2.05) is 12.1 Å². The van der Waals surface area contributed by atoms with Crippen molar-refractivity contribution in [1.29, 1.82) is 0 Å². The molecule has 2 fully saturated rings. The molecule has 0 spiro atoms. The Labute approximate surface area is 211 Å². The Morgan fingerprint density at radius 3 is 1.31 bits per heavy atom. The fourth-order valence-corrected chi connectivity index (χ4v) is 7.09. The molecular weight excluding hydrogens is 456 g/mol. The molecule has 0 aromatic heterocycles. The van der Waals surface area contributed by atoms with E-state index < -0.39 is 39.5 Å². The Hall–Kier alpha value is -2.58. The van der Waals surface area contributed by atoms with Gasteiger partial charge in [-0.15, -0.1) is 0 Å². The van der Waals surface area contributed by atoms with E-state index in [4.69, 9.17) is 0 Å². The number of hydrogen-bond donors (Lipinski definition) is 6. The minimum atomic E-state index is -2.43. The minimum Gasteiger partial charge on any atom is -0.387 e. The molecule has 3 aromatic carbocycles. The van der Waals surface area contributed by atoms with Gasteiger partial charge in [-0.2, -0.15) is 0 Å². The van der Waals surface area contributed by atoms with Crippen molar-refractivity contribution < 1.29 is 30.6 Å². The van der Waals surface area contributed by atoms with Crippen molar-refractivity contribution in [3.63, 3.8) is 0 Å². The summed E-state index contributed by atoms with van der Waals surface area (Å²) < 4.78 is 0. The lowest BCUT2D eigenvalue weighted by Gasteiger charge is -2.59. The van der Waals surface area contributed by atoms with E-state index >= 15 is 0 Å². The van der Waals surface area contributed by atoms with Gasteiger partial charge in [0.1, 0.15) is 34.1 Å². The number of rotatable bonds is 6. The molecular formula is C30H34O6. The van der Waals surface area contributed by atoms with E-state index in [9.17, 15) is 30.6 Å². The first kappa shape index (κ1) is 25.1. The number of fused-ring (bicyclic) bond motifs is 1. The second-order valence-electron chi connectivity index (χ2n) is 11.1. The van der Waals surface area contributed by atoms with Gasteiger partial charge in [0.25, 0.3) is 0 Å². The van der Waals surface area contributed by atoms with Crippen molar-refractivity contribution in [3.05, 3.63) is 108 Å². The standard InChI is InChI=1S/C30H34O6/c1-25(2)29(35)27(33,19-22-14-8-4-9-15-22)24(31)26(32,18-21-12-6-3-7-13-21)28(34,30(25,29)36)20-23-16-10-5-11-17-23/h3-17,24,31-36H,18-20H2,1-2H3/t24-,26+,27+,28+,29-,30-/m0/s1. The SMILES string of the molecule is CC1(C)[C@@]2(O)[C@@]1(O)[C@@](O)(Cc1ccccc1)[C@@](O)(Cc1ccccc1)[C@H](O)[C@]2(O)Cc1ccccc1. The molecule has 0 radical (unpaired) electrons. The normalized spacial score (nSPS) is 38.8. The third kappa shape index (κ3) is 2.88. The summed E-state index contributed by atoms with van der Waals surface area (Å²) in [6.07, 6.45) is -2.76. The fraction of sp³-hybridized carbons (Fsp3) is 0.400. The lowest BCUT2D eigenvalue weighted by atomic mass is 9.56. The minimum absolute atomic E-state index is 0.240. The van der Waals surface area contributed by atoms with E-state index in [2.05, 4.69) is 0 Å². The quantitative estimate of drug-likeness (QED) is 0.313. The van der Waals surface area contributed by atoms with Crippen molar-refractivity contribution in [3.8, 4) is 0 Å². The number of aliphatic hydroxyl groups is 6. The zero-order valence-electron chi connectivity index (χ0n) is 20.5. The Morgan fingerprint density at radius 1 is 0.528 bits per heavy atom. The molecule has 190 valence electrons. The Morgan fingerprint density at radius 2 is 0.889 bits per heavy atom.